The van der Waals surface area contributed by atoms with Crippen LogP contribution in [-0.4, -0.2) is 38.4 Å². The zero-order valence-corrected chi connectivity index (χ0v) is 12.3. The lowest BCUT2D eigenvalue weighted by Crippen LogP contribution is -2.39. The summed E-state index contributed by atoms with van der Waals surface area (Å²) >= 11 is 0. The summed E-state index contributed by atoms with van der Waals surface area (Å²) in [6, 6.07) is 1.69. The summed E-state index contributed by atoms with van der Waals surface area (Å²) < 4.78 is 58.7. The number of nitrogens with one attached hydrogen (secondary N) is 1. The van der Waals surface area contributed by atoms with Crippen LogP contribution in [0.5, 0.6) is 5.75 Å². The normalized spacial score (nSPS) is 12.3. The maximum absolute atomic E-state index is 13.1. The van der Waals surface area contributed by atoms with Crippen molar-refractivity contribution in [2.45, 2.75) is 12.2 Å². The molecule has 1 aromatic rings. The third-order valence-electron chi connectivity index (χ3n) is 2.27. The molecule has 1 unspecified atom stereocenters. The molecule has 10 heteroatoms. The van der Waals surface area contributed by atoms with E-state index in [1.165, 1.54) is 7.11 Å². The fraction of sp³-hybridized carbons (Fsp3) is 0.417. The number of nitrogens with two attached hydrogens (primary N) is 1. The largest absolute Gasteiger partial charge is 0.482 e. The van der Waals surface area contributed by atoms with E-state index < -0.39 is 30.5 Å². The SMILES string of the molecule is COCC(N)C(=O)Nc1cc(F)ccc1OCC(F)(F)F.Cl. The third-order valence-corrected chi connectivity index (χ3v) is 2.27. The molecule has 5 nitrogen and oxygen atoms in total. The van der Waals surface area contributed by atoms with Gasteiger partial charge in [0.1, 0.15) is 17.6 Å². The topological polar surface area (TPSA) is 73.6 Å². The van der Waals surface area contributed by atoms with Crippen molar-refractivity contribution in [3.8, 4) is 5.75 Å². The molecule has 0 aromatic heterocycles. The number of hydrogen-bond acceptors (Lipinski definition) is 4. The van der Waals surface area contributed by atoms with Crippen LogP contribution in [0.25, 0.3) is 0 Å². The van der Waals surface area contributed by atoms with Gasteiger partial charge in [-0.15, -0.1) is 12.4 Å². The van der Waals surface area contributed by atoms with Crippen LogP contribution >= 0.6 is 12.4 Å². The molecule has 0 bridgehead atoms. The van der Waals surface area contributed by atoms with E-state index in [1.54, 1.807) is 0 Å². The molecule has 0 radical (unpaired) electrons. The Morgan fingerprint density at radius 1 is 1.41 bits per heavy atom. The molecule has 1 aromatic carbocycles. The molecule has 0 saturated heterocycles. The Morgan fingerprint density at radius 3 is 2.59 bits per heavy atom. The fourth-order valence-electron chi connectivity index (χ4n) is 1.37. The van der Waals surface area contributed by atoms with Gasteiger partial charge in [-0.2, -0.15) is 13.2 Å². The third kappa shape index (κ3) is 6.92. The van der Waals surface area contributed by atoms with Crippen LogP contribution in [0.3, 0.4) is 0 Å². The number of halogens is 5. The lowest BCUT2D eigenvalue weighted by atomic mass is 10.2. The molecule has 0 spiro atoms. The summed E-state index contributed by atoms with van der Waals surface area (Å²) in [5.41, 5.74) is 5.22. The lowest BCUT2D eigenvalue weighted by molar-refractivity contribution is -0.153. The highest BCUT2D eigenvalue weighted by molar-refractivity contribution is 5.96. The van der Waals surface area contributed by atoms with Crippen LogP contribution in [0.4, 0.5) is 23.2 Å². The minimum absolute atomic E-state index is 0. The molecule has 0 fully saturated rings. The number of carbonyl (C=O) groups excluding carboxylic acids is 1. The first-order chi connectivity index (χ1) is 9.73. The molecular formula is C12H15ClF4N2O3. The number of amides is 1. The van der Waals surface area contributed by atoms with Gasteiger partial charge in [0.2, 0.25) is 5.91 Å². The minimum Gasteiger partial charge on any atom is -0.482 e. The first-order valence-electron chi connectivity index (χ1n) is 5.77. The van der Waals surface area contributed by atoms with Gasteiger partial charge in [0.15, 0.2) is 6.61 Å². The number of hydrogen-bond donors (Lipinski definition) is 2. The van der Waals surface area contributed by atoms with E-state index in [2.05, 4.69) is 14.8 Å². The first kappa shape index (κ1) is 20.4. The first-order valence-corrected chi connectivity index (χ1v) is 5.77. The Hall–Kier alpha value is -1.58. The number of ether oxygens (including phenoxy) is 2. The highest BCUT2D eigenvalue weighted by atomic mass is 35.5. The van der Waals surface area contributed by atoms with E-state index >= 15 is 0 Å². The Balaban J connectivity index is 0.00000441. The molecular weight excluding hydrogens is 332 g/mol. The van der Waals surface area contributed by atoms with Gasteiger partial charge in [-0.3, -0.25) is 4.79 Å². The number of methoxy groups -OCH3 is 1. The van der Waals surface area contributed by atoms with Crippen molar-refractivity contribution in [1.29, 1.82) is 0 Å². The van der Waals surface area contributed by atoms with Crippen LogP contribution < -0.4 is 15.8 Å². The van der Waals surface area contributed by atoms with E-state index in [-0.39, 0.29) is 30.5 Å². The van der Waals surface area contributed by atoms with Crippen LogP contribution in [-0.2, 0) is 9.53 Å². The minimum atomic E-state index is -4.55. The second-order valence-electron chi connectivity index (χ2n) is 4.10. The Bertz CT molecular complexity index is 500. The maximum atomic E-state index is 13.1. The average molecular weight is 347 g/mol. The van der Waals surface area contributed by atoms with Gasteiger partial charge in [-0.1, -0.05) is 0 Å². The summed E-state index contributed by atoms with van der Waals surface area (Å²) in [6.45, 7) is -1.66. The highest BCUT2D eigenvalue weighted by Crippen LogP contribution is 2.27. The highest BCUT2D eigenvalue weighted by Gasteiger charge is 2.29. The van der Waals surface area contributed by atoms with Crippen molar-refractivity contribution in [3.05, 3.63) is 24.0 Å². The number of benzene rings is 1. The summed E-state index contributed by atoms with van der Waals surface area (Å²) in [5, 5.41) is 2.20. The van der Waals surface area contributed by atoms with Crippen molar-refractivity contribution in [2.24, 2.45) is 5.73 Å². The molecule has 0 heterocycles. The van der Waals surface area contributed by atoms with Crippen molar-refractivity contribution >= 4 is 24.0 Å². The molecule has 3 N–H and O–H groups in total. The van der Waals surface area contributed by atoms with Crippen molar-refractivity contribution in [1.82, 2.24) is 0 Å². The molecule has 0 saturated carbocycles. The standard InChI is InChI=1S/C12H14F4N2O3.ClH/c1-20-5-8(17)11(19)18-9-4-7(13)2-3-10(9)21-6-12(14,15)16;/h2-4,8H,5-6,17H2,1H3,(H,18,19);1H. The Labute approximate surface area is 130 Å². The zero-order chi connectivity index (χ0) is 16.0. The maximum Gasteiger partial charge on any atom is 0.422 e. The number of carbonyl (C=O) groups is 1. The van der Waals surface area contributed by atoms with Crippen LogP contribution in [0.1, 0.15) is 0 Å². The second-order valence-corrected chi connectivity index (χ2v) is 4.10. The van der Waals surface area contributed by atoms with Gasteiger partial charge >= 0.3 is 6.18 Å². The zero-order valence-electron chi connectivity index (χ0n) is 11.4. The van der Waals surface area contributed by atoms with E-state index in [1.807, 2.05) is 0 Å². The molecule has 1 rings (SSSR count). The number of anilines is 1. The summed E-state index contributed by atoms with van der Waals surface area (Å²) in [4.78, 5) is 11.7. The fourth-order valence-corrected chi connectivity index (χ4v) is 1.37. The molecule has 0 aliphatic rings. The quantitative estimate of drug-likeness (QED) is 0.774. The summed E-state index contributed by atoms with van der Waals surface area (Å²) in [7, 11) is 1.33. The van der Waals surface area contributed by atoms with Crippen LogP contribution in [0, 0.1) is 5.82 Å². The van der Waals surface area contributed by atoms with Gasteiger partial charge in [-0.25, -0.2) is 4.39 Å². The summed E-state index contributed by atoms with van der Waals surface area (Å²) in [5.74, 6) is -1.80. The molecule has 1 atom stereocenters. The van der Waals surface area contributed by atoms with Gasteiger partial charge < -0.3 is 20.5 Å². The Morgan fingerprint density at radius 2 is 2.05 bits per heavy atom. The molecule has 126 valence electrons. The van der Waals surface area contributed by atoms with Crippen molar-refractivity contribution < 1.29 is 31.8 Å². The monoisotopic (exact) mass is 346 g/mol. The molecule has 0 aliphatic carbocycles. The van der Waals surface area contributed by atoms with Gasteiger partial charge in [0.25, 0.3) is 0 Å². The average Bonchev–Trinajstić information content (AvgIpc) is 2.37. The molecule has 0 aliphatic heterocycles. The lowest BCUT2D eigenvalue weighted by Gasteiger charge is -2.16. The Kier molecular flexibility index (Phi) is 8.13. The van der Waals surface area contributed by atoms with E-state index in [0.717, 1.165) is 18.2 Å². The van der Waals surface area contributed by atoms with Crippen molar-refractivity contribution in [3.63, 3.8) is 0 Å². The molecule has 22 heavy (non-hydrogen) atoms. The number of alkyl halides is 3. The van der Waals surface area contributed by atoms with Gasteiger partial charge in [0.05, 0.1) is 12.3 Å². The van der Waals surface area contributed by atoms with Crippen LogP contribution in [0.15, 0.2) is 18.2 Å². The smallest absolute Gasteiger partial charge is 0.422 e. The van der Waals surface area contributed by atoms with Gasteiger partial charge in [0, 0.05) is 13.2 Å². The summed E-state index contributed by atoms with van der Waals surface area (Å²) in [6.07, 6.45) is -4.55. The predicted molar refractivity (Wildman–Crippen MR) is 73.7 cm³/mol. The second kappa shape index (κ2) is 8.76. The van der Waals surface area contributed by atoms with E-state index in [0.29, 0.717) is 0 Å². The van der Waals surface area contributed by atoms with Crippen molar-refractivity contribution in [2.75, 3.05) is 25.6 Å². The van der Waals surface area contributed by atoms with E-state index in [4.69, 9.17) is 5.73 Å². The number of rotatable bonds is 6. The van der Waals surface area contributed by atoms with E-state index in [9.17, 15) is 22.4 Å². The van der Waals surface area contributed by atoms with Crippen LogP contribution in [0.2, 0.25) is 0 Å². The van der Waals surface area contributed by atoms with Gasteiger partial charge in [-0.05, 0) is 12.1 Å². The molecule has 1 amide bonds. The predicted octanol–water partition coefficient (Wildman–Crippen LogP) is 2.10.